The Labute approximate surface area is 98.9 Å². The van der Waals surface area contributed by atoms with Gasteiger partial charge in [0.25, 0.3) is 0 Å². The van der Waals surface area contributed by atoms with Gasteiger partial charge in [0.05, 0.1) is 5.60 Å². The van der Waals surface area contributed by atoms with Crippen molar-refractivity contribution in [3.63, 3.8) is 0 Å². The zero-order valence-electron chi connectivity index (χ0n) is 11.0. The molecular weight excluding hydrogens is 202 g/mol. The Bertz CT molecular complexity index is 236. The van der Waals surface area contributed by atoms with E-state index in [0.29, 0.717) is 12.5 Å². The molecule has 1 saturated heterocycles. The molecule has 0 spiro atoms. The van der Waals surface area contributed by atoms with Gasteiger partial charge in [0, 0.05) is 19.1 Å². The van der Waals surface area contributed by atoms with E-state index in [1.165, 1.54) is 0 Å². The van der Waals surface area contributed by atoms with Crippen molar-refractivity contribution in [3.05, 3.63) is 0 Å². The van der Waals surface area contributed by atoms with Gasteiger partial charge in [0.2, 0.25) is 5.91 Å². The van der Waals surface area contributed by atoms with Crippen molar-refractivity contribution in [1.82, 2.24) is 5.32 Å². The van der Waals surface area contributed by atoms with Crippen LogP contribution in [0.25, 0.3) is 0 Å². The van der Waals surface area contributed by atoms with Crippen molar-refractivity contribution in [1.29, 1.82) is 0 Å². The summed E-state index contributed by atoms with van der Waals surface area (Å²) < 4.78 is 5.61. The van der Waals surface area contributed by atoms with Crippen molar-refractivity contribution in [2.45, 2.75) is 52.6 Å². The maximum Gasteiger partial charge on any atom is 0.223 e. The second kappa shape index (κ2) is 5.67. The summed E-state index contributed by atoms with van der Waals surface area (Å²) in [6.45, 7) is 9.96. The first-order valence-corrected chi connectivity index (χ1v) is 6.32. The Morgan fingerprint density at radius 1 is 1.50 bits per heavy atom. The molecular formula is C13H25NO2. The Morgan fingerprint density at radius 3 is 2.75 bits per heavy atom. The van der Waals surface area contributed by atoms with E-state index in [9.17, 15) is 4.79 Å². The van der Waals surface area contributed by atoms with Crippen LogP contribution in [0.5, 0.6) is 0 Å². The van der Waals surface area contributed by atoms with E-state index >= 15 is 0 Å². The third kappa shape index (κ3) is 4.52. The van der Waals surface area contributed by atoms with Gasteiger partial charge in [0.1, 0.15) is 0 Å². The molecule has 1 aliphatic rings. The standard InChI is InChI=1S/C13H25NO2/c1-10(2)5-7-14-12(15)11-6-8-16-13(3,4)9-11/h10-11H,5-9H2,1-4H3,(H,14,15)/t11-/m0/s1. The van der Waals surface area contributed by atoms with Gasteiger partial charge in [-0.1, -0.05) is 13.8 Å². The number of amides is 1. The van der Waals surface area contributed by atoms with E-state index in [1.54, 1.807) is 0 Å². The van der Waals surface area contributed by atoms with Gasteiger partial charge in [-0.2, -0.15) is 0 Å². The third-order valence-electron chi connectivity index (χ3n) is 3.09. The van der Waals surface area contributed by atoms with Gasteiger partial charge >= 0.3 is 0 Å². The highest BCUT2D eigenvalue weighted by atomic mass is 16.5. The molecule has 16 heavy (non-hydrogen) atoms. The highest BCUT2D eigenvalue weighted by molar-refractivity contribution is 5.78. The normalized spacial score (nSPS) is 24.4. The molecule has 1 N–H and O–H groups in total. The lowest BCUT2D eigenvalue weighted by molar-refractivity contribution is -0.135. The molecule has 0 bridgehead atoms. The lowest BCUT2D eigenvalue weighted by atomic mass is 9.88. The Morgan fingerprint density at radius 2 is 2.19 bits per heavy atom. The zero-order valence-corrected chi connectivity index (χ0v) is 11.0. The lowest BCUT2D eigenvalue weighted by Crippen LogP contribution is -2.41. The van der Waals surface area contributed by atoms with Crippen LogP contribution in [0.3, 0.4) is 0 Å². The van der Waals surface area contributed by atoms with Gasteiger partial charge in [-0.15, -0.1) is 0 Å². The van der Waals surface area contributed by atoms with Crippen LogP contribution in [0, 0.1) is 11.8 Å². The number of carbonyl (C=O) groups is 1. The molecule has 3 heteroatoms. The maximum absolute atomic E-state index is 11.9. The Kier molecular flexibility index (Phi) is 4.78. The largest absolute Gasteiger partial charge is 0.376 e. The minimum atomic E-state index is -0.141. The van der Waals surface area contributed by atoms with Crippen LogP contribution in [-0.2, 0) is 9.53 Å². The summed E-state index contributed by atoms with van der Waals surface area (Å²) in [6.07, 6.45) is 2.75. The molecule has 1 rings (SSSR count). The van der Waals surface area contributed by atoms with Crippen LogP contribution in [0.2, 0.25) is 0 Å². The fraction of sp³-hybridized carbons (Fsp3) is 0.923. The smallest absolute Gasteiger partial charge is 0.223 e. The number of rotatable bonds is 4. The minimum Gasteiger partial charge on any atom is -0.376 e. The second-order valence-electron chi connectivity index (χ2n) is 5.77. The Balaban J connectivity index is 2.31. The minimum absolute atomic E-state index is 0.135. The first-order valence-electron chi connectivity index (χ1n) is 6.32. The number of hydrogen-bond donors (Lipinski definition) is 1. The fourth-order valence-electron chi connectivity index (χ4n) is 2.08. The molecule has 1 amide bonds. The van der Waals surface area contributed by atoms with Gasteiger partial charge in [-0.25, -0.2) is 0 Å². The van der Waals surface area contributed by atoms with Crippen LogP contribution >= 0.6 is 0 Å². The highest BCUT2D eigenvalue weighted by Crippen LogP contribution is 2.28. The van der Waals surface area contributed by atoms with Gasteiger partial charge in [0.15, 0.2) is 0 Å². The summed E-state index contributed by atoms with van der Waals surface area (Å²) in [5.41, 5.74) is -0.141. The molecule has 0 saturated carbocycles. The molecule has 0 aliphatic carbocycles. The molecule has 1 fully saturated rings. The molecule has 0 aromatic heterocycles. The van der Waals surface area contributed by atoms with Crippen molar-refractivity contribution in [3.8, 4) is 0 Å². The second-order valence-corrected chi connectivity index (χ2v) is 5.77. The van der Waals surface area contributed by atoms with Gasteiger partial charge in [-0.3, -0.25) is 4.79 Å². The van der Waals surface area contributed by atoms with Crippen molar-refractivity contribution >= 4 is 5.91 Å². The summed E-state index contributed by atoms with van der Waals surface area (Å²) in [5.74, 6) is 0.986. The maximum atomic E-state index is 11.9. The van der Waals surface area contributed by atoms with E-state index in [1.807, 2.05) is 0 Å². The molecule has 0 unspecified atom stereocenters. The third-order valence-corrected chi connectivity index (χ3v) is 3.09. The molecule has 0 aromatic rings. The monoisotopic (exact) mass is 227 g/mol. The number of ether oxygens (including phenoxy) is 1. The van der Waals surface area contributed by atoms with Crippen molar-refractivity contribution < 1.29 is 9.53 Å². The van der Waals surface area contributed by atoms with Crippen LogP contribution < -0.4 is 5.32 Å². The molecule has 1 atom stereocenters. The van der Waals surface area contributed by atoms with E-state index in [4.69, 9.17) is 4.74 Å². The van der Waals surface area contributed by atoms with E-state index in [0.717, 1.165) is 25.8 Å². The summed E-state index contributed by atoms with van der Waals surface area (Å²) >= 11 is 0. The molecule has 0 aromatic carbocycles. The predicted molar refractivity (Wildman–Crippen MR) is 65.2 cm³/mol. The number of nitrogens with one attached hydrogen (secondary N) is 1. The van der Waals surface area contributed by atoms with Crippen LogP contribution in [-0.4, -0.2) is 24.7 Å². The summed E-state index contributed by atoms with van der Waals surface area (Å²) in [7, 11) is 0. The Hall–Kier alpha value is -0.570. The van der Waals surface area contributed by atoms with Crippen molar-refractivity contribution in [2.24, 2.45) is 11.8 Å². The molecule has 1 heterocycles. The number of hydrogen-bond acceptors (Lipinski definition) is 2. The molecule has 94 valence electrons. The fourth-order valence-corrected chi connectivity index (χ4v) is 2.08. The lowest BCUT2D eigenvalue weighted by Gasteiger charge is -2.34. The summed E-state index contributed by atoms with van der Waals surface area (Å²) in [4.78, 5) is 11.9. The average Bonchev–Trinajstić information content (AvgIpc) is 2.15. The predicted octanol–water partition coefficient (Wildman–Crippen LogP) is 2.35. The molecule has 3 nitrogen and oxygen atoms in total. The number of carbonyl (C=O) groups excluding carboxylic acids is 1. The summed E-state index contributed by atoms with van der Waals surface area (Å²) in [6, 6.07) is 0. The van der Waals surface area contributed by atoms with Crippen LogP contribution in [0.4, 0.5) is 0 Å². The van der Waals surface area contributed by atoms with E-state index in [-0.39, 0.29) is 17.4 Å². The van der Waals surface area contributed by atoms with Crippen LogP contribution in [0.15, 0.2) is 0 Å². The molecule has 1 aliphatic heterocycles. The van der Waals surface area contributed by atoms with Crippen LogP contribution in [0.1, 0.15) is 47.0 Å². The van der Waals surface area contributed by atoms with E-state index < -0.39 is 0 Å². The molecule has 0 radical (unpaired) electrons. The zero-order chi connectivity index (χ0) is 12.2. The van der Waals surface area contributed by atoms with Gasteiger partial charge < -0.3 is 10.1 Å². The topological polar surface area (TPSA) is 38.3 Å². The SMILES string of the molecule is CC(C)CCNC(=O)[C@H]1CCOC(C)(C)C1. The summed E-state index contributed by atoms with van der Waals surface area (Å²) in [5, 5.41) is 3.03. The first-order chi connectivity index (χ1) is 7.41. The quantitative estimate of drug-likeness (QED) is 0.800. The first kappa shape index (κ1) is 13.5. The van der Waals surface area contributed by atoms with Gasteiger partial charge in [-0.05, 0) is 39.0 Å². The highest BCUT2D eigenvalue weighted by Gasteiger charge is 2.32. The van der Waals surface area contributed by atoms with Crippen molar-refractivity contribution in [2.75, 3.05) is 13.2 Å². The van der Waals surface area contributed by atoms with E-state index in [2.05, 4.69) is 33.0 Å². The average molecular weight is 227 g/mol.